The molecule has 14 heteroatoms. The lowest BCUT2D eigenvalue weighted by Gasteiger charge is -2.45. The first kappa shape index (κ1) is 25.6. The third kappa shape index (κ3) is 6.20. The van der Waals surface area contributed by atoms with E-state index in [0.29, 0.717) is 25.8 Å². The standard InChI is InChI=1S/C18H28N4O10/c1-10(24)30-14(11(25)9-23)15-13-12(31-17(27)21-13)8-18(32-15,16(26)28-2)29-7-5-3-4-6-20-22-19/h11-15,23,25H,3-9H2,1-2H3,(H,21,27)/t11-,12-,13-,14-,15?,18-/m1/s1. The average molecular weight is 460 g/mol. The molecule has 6 atom stereocenters. The lowest BCUT2D eigenvalue weighted by molar-refractivity contribution is -0.308. The van der Waals surface area contributed by atoms with Crippen LogP contribution >= 0.6 is 0 Å². The molecule has 2 saturated heterocycles. The Morgan fingerprint density at radius 1 is 1.41 bits per heavy atom. The van der Waals surface area contributed by atoms with Crippen LogP contribution in [0.1, 0.15) is 32.6 Å². The van der Waals surface area contributed by atoms with Gasteiger partial charge in [0.25, 0.3) is 5.79 Å². The van der Waals surface area contributed by atoms with E-state index in [2.05, 4.69) is 15.3 Å². The van der Waals surface area contributed by atoms with Gasteiger partial charge >= 0.3 is 18.0 Å². The molecule has 2 rings (SSSR count). The molecular formula is C18H28N4O10. The molecule has 0 aromatic rings. The second-order valence-electron chi connectivity index (χ2n) is 7.33. The molecule has 2 heterocycles. The highest BCUT2D eigenvalue weighted by molar-refractivity contribution is 5.79. The Morgan fingerprint density at radius 2 is 2.16 bits per heavy atom. The second-order valence-corrected chi connectivity index (χ2v) is 7.33. The summed E-state index contributed by atoms with van der Waals surface area (Å²) < 4.78 is 26.9. The predicted octanol–water partition coefficient (Wildman–Crippen LogP) is -0.0963. The molecule has 0 saturated carbocycles. The minimum Gasteiger partial charge on any atom is -0.465 e. The highest BCUT2D eigenvalue weighted by Gasteiger charge is 2.60. The van der Waals surface area contributed by atoms with Crippen molar-refractivity contribution in [1.82, 2.24) is 5.32 Å². The lowest BCUT2D eigenvalue weighted by atomic mass is 9.89. The summed E-state index contributed by atoms with van der Waals surface area (Å²) in [7, 11) is 1.13. The SMILES string of the molecule is COC(=O)[C@@]1(OCCCCCN=[N+]=[N-])C[C@H]2OC(=O)N[C@H]2C([C@H](OC(C)=O)[C@H](O)CO)O1. The smallest absolute Gasteiger partial charge is 0.407 e. The normalized spacial score (nSPS) is 28.4. The van der Waals surface area contributed by atoms with E-state index in [1.54, 1.807) is 0 Å². The maximum absolute atomic E-state index is 12.7. The number of carbonyl (C=O) groups is 3. The number of fused-ring (bicyclic) bond motifs is 1. The van der Waals surface area contributed by atoms with Crippen LogP contribution in [0.25, 0.3) is 10.4 Å². The van der Waals surface area contributed by atoms with Gasteiger partial charge in [0.15, 0.2) is 6.10 Å². The molecule has 0 bridgehead atoms. The van der Waals surface area contributed by atoms with Crippen LogP contribution in [-0.2, 0) is 33.3 Å². The second kappa shape index (κ2) is 11.8. The zero-order chi connectivity index (χ0) is 23.7. The molecule has 0 aromatic carbocycles. The number of nitrogens with zero attached hydrogens (tertiary/aromatic N) is 3. The number of alkyl carbamates (subject to hydrolysis) is 1. The van der Waals surface area contributed by atoms with E-state index in [0.717, 1.165) is 14.0 Å². The maximum Gasteiger partial charge on any atom is 0.407 e. The van der Waals surface area contributed by atoms with Gasteiger partial charge in [-0.3, -0.25) is 4.79 Å². The van der Waals surface area contributed by atoms with Crippen molar-refractivity contribution in [2.45, 2.75) is 68.9 Å². The molecule has 2 aliphatic rings. The number of unbranched alkanes of at least 4 members (excludes halogenated alkanes) is 2. The first-order valence-corrected chi connectivity index (χ1v) is 10.1. The topological polar surface area (TPSA) is 199 Å². The van der Waals surface area contributed by atoms with Crippen LogP contribution in [0.5, 0.6) is 0 Å². The quantitative estimate of drug-likeness (QED) is 0.0882. The Balaban J connectivity index is 2.25. The summed E-state index contributed by atoms with van der Waals surface area (Å²) in [5, 5.41) is 25.6. The number of hydrogen-bond acceptors (Lipinski definition) is 11. The van der Waals surface area contributed by atoms with Gasteiger partial charge in [-0.15, -0.1) is 0 Å². The fraction of sp³-hybridized carbons (Fsp3) is 0.833. The lowest BCUT2D eigenvalue weighted by Crippen LogP contribution is -2.66. The van der Waals surface area contributed by atoms with Crippen molar-refractivity contribution < 1.29 is 48.3 Å². The molecule has 2 fully saturated rings. The van der Waals surface area contributed by atoms with Crippen LogP contribution < -0.4 is 5.32 Å². The van der Waals surface area contributed by atoms with E-state index in [1.165, 1.54) is 0 Å². The third-order valence-corrected chi connectivity index (χ3v) is 5.08. The van der Waals surface area contributed by atoms with E-state index in [9.17, 15) is 24.6 Å². The van der Waals surface area contributed by atoms with Crippen LogP contribution in [0.3, 0.4) is 0 Å². The Hall–Kier alpha value is -2.64. The summed E-state index contributed by atoms with van der Waals surface area (Å²) in [6.07, 6.45) is -4.48. The van der Waals surface area contributed by atoms with Gasteiger partial charge in [0, 0.05) is 18.4 Å². The van der Waals surface area contributed by atoms with E-state index in [1.807, 2.05) is 0 Å². The molecule has 32 heavy (non-hydrogen) atoms. The summed E-state index contributed by atoms with van der Waals surface area (Å²) in [5.74, 6) is -3.69. The van der Waals surface area contributed by atoms with Gasteiger partial charge in [0.05, 0.1) is 32.8 Å². The number of azide groups is 1. The van der Waals surface area contributed by atoms with E-state index in [4.69, 9.17) is 29.2 Å². The Bertz CT molecular complexity index is 731. The number of hydrogen-bond donors (Lipinski definition) is 3. The summed E-state index contributed by atoms with van der Waals surface area (Å²) in [5.41, 5.74) is 8.30. The number of esters is 2. The van der Waals surface area contributed by atoms with Gasteiger partial charge in [-0.05, 0) is 18.4 Å². The third-order valence-electron chi connectivity index (χ3n) is 5.08. The average Bonchev–Trinajstić information content (AvgIpc) is 3.14. The number of methoxy groups -OCH3 is 1. The highest BCUT2D eigenvalue weighted by atomic mass is 16.7. The summed E-state index contributed by atoms with van der Waals surface area (Å²) in [6.45, 7) is 0.701. The molecule has 180 valence electrons. The number of aliphatic hydroxyl groups excluding tert-OH is 2. The first-order chi connectivity index (χ1) is 15.3. The van der Waals surface area contributed by atoms with Crippen molar-refractivity contribution in [3.05, 3.63) is 10.4 Å². The molecule has 1 amide bonds. The van der Waals surface area contributed by atoms with Crippen LogP contribution in [-0.4, -0.2) is 91.4 Å². The van der Waals surface area contributed by atoms with Crippen LogP contribution in [0.4, 0.5) is 4.79 Å². The van der Waals surface area contributed by atoms with Gasteiger partial charge in [0.1, 0.15) is 18.3 Å². The van der Waals surface area contributed by atoms with Gasteiger partial charge in [-0.2, -0.15) is 0 Å². The number of amides is 1. The van der Waals surface area contributed by atoms with E-state index in [-0.39, 0.29) is 13.0 Å². The van der Waals surface area contributed by atoms with Crippen molar-refractivity contribution in [3.8, 4) is 0 Å². The van der Waals surface area contributed by atoms with E-state index < -0.39 is 60.9 Å². The maximum atomic E-state index is 12.7. The Kier molecular flexibility index (Phi) is 9.47. The Morgan fingerprint density at radius 3 is 2.78 bits per heavy atom. The minimum absolute atomic E-state index is 0.0532. The zero-order valence-electron chi connectivity index (χ0n) is 17.8. The first-order valence-electron chi connectivity index (χ1n) is 10.1. The monoisotopic (exact) mass is 460 g/mol. The number of aliphatic hydroxyl groups is 2. The van der Waals surface area contributed by atoms with Crippen LogP contribution in [0.15, 0.2) is 5.11 Å². The molecule has 0 radical (unpaired) electrons. The number of rotatable bonds is 12. The van der Waals surface area contributed by atoms with E-state index >= 15 is 0 Å². The molecule has 0 spiro atoms. The predicted molar refractivity (Wildman–Crippen MR) is 104 cm³/mol. The van der Waals surface area contributed by atoms with Gasteiger partial charge in [-0.25, -0.2) is 9.59 Å². The van der Waals surface area contributed by atoms with Crippen LogP contribution in [0.2, 0.25) is 0 Å². The van der Waals surface area contributed by atoms with Crippen molar-refractivity contribution in [2.24, 2.45) is 5.11 Å². The molecule has 2 aliphatic heterocycles. The van der Waals surface area contributed by atoms with Gasteiger partial charge in [0.2, 0.25) is 0 Å². The highest BCUT2D eigenvalue weighted by Crippen LogP contribution is 2.38. The van der Waals surface area contributed by atoms with Crippen molar-refractivity contribution >= 4 is 18.0 Å². The number of carbonyl (C=O) groups excluding carboxylic acids is 3. The molecule has 3 N–H and O–H groups in total. The summed E-state index contributed by atoms with van der Waals surface area (Å²) in [6, 6.07) is -0.890. The van der Waals surface area contributed by atoms with Crippen molar-refractivity contribution in [1.29, 1.82) is 0 Å². The Labute approximate surface area is 183 Å². The molecule has 1 unspecified atom stereocenters. The fourth-order valence-electron chi connectivity index (χ4n) is 3.66. The van der Waals surface area contributed by atoms with Gasteiger partial charge < -0.3 is 39.2 Å². The molecule has 0 aromatic heterocycles. The number of ether oxygens (including phenoxy) is 5. The van der Waals surface area contributed by atoms with Crippen molar-refractivity contribution in [2.75, 3.05) is 26.9 Å². The molecule has 14 nitrogen and oxygen atoms in total. The summed E-state index contributed by atoms with van der Waals surface area (Å²) in [4.78, 5) is 38.8. The fourth-order valence-corrected chi connectivity index (χ4v) is 3.66. The zero-order valence-corrected chi connectivity index (χ0v) is 17.8. The largest absolute Gasteiger partial charge is 0.465 e. The van der Waals surface area contributed by atoms with Crippen molar-refractivity contribution in [3.63, 3.8) is 0 Å². The molecular weight excluding hydrogens is 432 g/mol. The summed E-state index contributed by atoms with van der Waals surface area (Å²) >= 11 is 0. The molecule has 0 aliphatic carbocycles. The minimum atomic E-state index is -2.01. The number of nitrogens with one attached hydrogen (secondary N) is 1. The van der Waals surface area contributed by atoms with Gasteiger partial charge in [-0.1, -0.05) is 11.5 Å². The van der Waals surface area contributed by atoms with Crippen LogP contribution in [0, 0.1) is 0 Å².